The van der Waals surface area contributed by atoms with Gasteiger partial charge in [-0.2, -0.15) is 0 Å². The Morgan fingerprint density at radius 1 is 1.07 bits per heavy atom. The zero-order valence-corrected chi connectivity index (χ0v) is 15.8. The first-order valence-corrected chi connectivity index (χ1v) is 9.40. The molecule has 0 spiro atoms. The van der Waals surface area contributed by atoms with Crippen LogP contribution >= 0.6 is 0 Å². The van der Waals surface area contributed by atoms with Crippen LogP contribution in [0.4, 0.5) is 4.79 Å². The molecule has 0 unspecified atom stereocenters. The van der Waals surface area contributed by atoms with Crippen molar-refractivity contribution in [1.82, 2.24) is 10.6 Å². The fourth-order valence-electron chi connectivity index (χ4n) is 3.40. The molecule has 0 radical (unpaired) electrons. The SMILES string of the molecule is CC(C)[C@@H](NC(=O)OCc1ccccc1)C(=O)N[C@H]1CCc2ccccc21. The molecule has 0 aromatic heterocycles. The highest BCUT2D eigenvalue weighted by Gasteiger charge is 2.29. The minimum absolute atomic E-state index is 0.00270. The number of hydrogen-bond donors (Lipinski definition) is 2. The number of carbonyl (C=O) groups excluding carboxylic acids is 2. The molecule has 27 heavy (non-hydrogen) atoms. The molecule has 0 bridgehead atoms. The quantitative estimate of drug-likeness (QED) is 0.818. The van der Waals surface area contributed by atoms with Crippen LogP contribution in [0.5, 0.6) is 0 Å². The third-order valence-electron chi connectivity index (χ3n) is 4.88. The lowest BCUT2D eigenvalue weighted by Gasteiger charge is -2.24. The highest BCUT2D eigenvalue weighted by molar-refractivity contribution is 5.86. The average Bonchev–Trinajstić information content (AvgIpc) is 3.08. The molecule has 0 aliphatic heterocycles. The summed E-state index contributed by atoms with van der Waals surface area (Å²) in [6, 6.07) is 17.0. The molecule has 0 fully saturated rings. The number of rotatable bonds is 6. The molecular formula is C22H26N2O3. The second-order valence-electron chi connectivity index (χ2n) is 7.23. The Labute approximate surface area is 160 Å². The van der Waals surface area contributed by atoms with Crippen LogP contribution in [0.15, 0.2) is 54.6 Å². The van der Waals surface area contributed by atoms with Gasteiger partial charge in [-0.25, -0.2) is 4.79 Å². The predicted octanol–water partition coefficient (Wildman–Crippen LogP) is 3.74. The van der Waals surface area contributed by atoms with Gasteiger partial charge in [0.1, 0.15) is 12.6 Å². The van der Waals surface area contributed by atoms with Crippen LogP contribution in [0.3, 0.4) is 0 Å². The summed E-state index contributed by atoms with van der Waals surface area (Å²) in [5.74, 6) is -0.228. The number of aryl methyl sites for hydroxylation is 1. The standard InChI is InChI=1S/C22H26N2O3/c1-15(2)20(24-22(26)27-14-16-8-4-3-5-9-16)21(25)23-19-13-12-17-10-6-7-11-18(17)19/h3-11,15,19-20H,12-14H2,1-2H3,(H,23,25)(H,24,26)/t19-,20+/m0/s1. The van der Waals surface area contributed by atoms with E-state index in [1.54, 1.807) is 0 Å². The van der Waals surface area contributed by atoms with Crippen molar-refractivity contribution in [2.75, 3.05) is 0 Å². The lowest BCUT2D eigenvalue weighted by molar-refractivity contribution is -0.124. The second kappa shape index (κ2) is 8.71. The summed E-state index contributed by atoms with van der Waals surface area (Å²) in [4.78, 5) is 24.9. The van der Waals surface area contributed by atoms with Crippen LogP contribution in [0, 0.1) is 5.92 Å². The molecule has 0 saturated carbocycles. The monoisotopic (exact) mass is 366 g/mol. The van der Waals surface area contributed by atoms with Crippen LogP contribution in [0.2, 0.25) is 0 Å². The van der Waals surface area contributed by atoms with E-state index in [0.29, 0.717) is 0 Å². The molecule has 2 aromatic carbocycles. The molecule has 0 saturated heterocycles. The lowest BCUT2D eigenvalue weighted by Crippen LogP contribution is -2.50. The van der Waals surface area contributed by atoms with E-state index in [1.165, 1.54) is 11.1 Å². The Morgan fingerprint density at radius 2 is 1.78 bits per heavy atom. The fraction of sp³-hybridized carbons (Fsp3) is 0.364. The largest absolute Gasteiger partial charge is 0.445 e. The molecule has 0 heterocycles. The van der Waals surface area contributed by atoms with E-state index >= 15 is 0 Å². The van der Waals surface area contributed by atoms with Gasteiger partial charge in [-0.05, 0) is 35.4 Å². The number of benzene rings is 2. The van der Waals surface area contributed by atoms with Crippen LogP contribution < -0.4 is 10.6 Å². The fourth-order valence-corrected chi connectivity index (χ4v) is 3.40. The maximum Gasteiger partial charge on any atom is 0.408 e. The van der Waals surface area contributed by atoms with Gasteiger partial charge in [0.15, 0.2) is 0 Å². The maximum atomic E-state index is 12.8. The molecule has 1 aliphatic carbocycles. The van der Waals surface area contributed by atoms with Crippen LogP contribution in [0.1, 0.15) is 43.0 Å². The molecule has 5 heteroatoms. The van der Waals surface area contributed by atoms with Gasteiger partial charge in [-0.1, -0.05) is 68.4 Å². The number of carbonyl (C=O) groups is 2. The van der Waals surface area contributed by atoms with Crippen molar-refractivity contribution in [1.29, 1.82) is 0 Å². The summed E-state index contributed by atoms with van der Waals surface area (Å²) in [6.45, 7) is 3.99. The van der Waals surface area contributed by atoms with Crippen LogP contribution in [-0.2, 0) is 22.6 Å². The first-order valence-electron chi connectivity index (χ1n) is 9.40. The van der Waals surface area contributed by atoms with Gasteiger partial charge in [0.05, 0.1) is 6.04 Å². The van der Waals surface area contributed by atoms with Crippen molar-refractivity contribution in [3.8, 4) is 0 Å². The van der Waals surface area contributed by atoms with Crippen molar-refractivity contribution in [3.05, 3.63) is 71.3 Å². The summed E-state index contributed by atoms with van der Waals surface area (Å²) < 4.78 is 5.26. The van der Waals surface area contributed by atoms with Crippen LogP contribution in [0.25, 0.3) is 0 Å². The Bertz CT molecular complexity index is 789. The first kappa shape index (κ1) is 19.0. The molecule has 5 nitrogen and oxygen atoms in total. The minimum atomic E-state index is -0.638. The van der Waals surface area contributed by atoms with E-state index in [9.17, 15) is 9.59 Å². The van der Waals surface area contributed by atoms with Crippen molar-refractivity contribution < 1.29 is 14.3 Å². The number of nitrogens with one attached hydrogen (secondary N) is 2. The second-order valence-corrected chi connectivity index (χ2v) is 7.23. The Morgan fingerprint density at radius 3 is 2.52 bits per heavy atom. The van der Waals surface area contributed by atoms with E-state index in [4.69, 9.17) is 4.74 Å². The number of fused-ring (bicyclic) bond motifs is 1. The highest BCUT2D eigenvalue weighted by Crippen LogP contribution is 2.30. The molecule has 3 rings (SSSR count). The third kappa shape index (κ3) is 4.88. The summed E-state index contributed by atoms with van der Waals surface area (Å²) in [7, 11) is 0. The van der Waals surface area contributed by atoms with Gasteiger partial charge in [0.2, 0.25) is 5.91 Å². The van der Waals surface area contributed by atoms with Crippen molar-refractivity contribution >= 4 is 12.0 Å². The summed E-state index contributed by atoms with van der Waals surface area (Å²) in [5.41, 5.74) is 3.35. The molecule has 2 amide bonds. The summed E-state index contributed by atoms with van der Waals surface area (Å²) in [6.07, 6.45) is 1.26. The van der Waals surface area contributed by atoms with Crippen LogP contribution in [-0.4, -0.2) is 18.0 Å². The zero-order valence-electron chi connectivity index (χ0n) is 15.8. The van der Waals surface area contributed by atoms with Gasteiger partial charge in [-0.3, -0.25) is 4.79 Å². The van der Waals surface area contributed by atoms with Gasteiger partial charge < -0.3 is 15.4 Å². The summed E-state index contributed by atoms with van der Waals surface area (Å²) >= 11 is 0. The minimum Gasteiger partial charge on any atom is -0.445 e. The Hall–Kier alpha value is -2.82. The smallest absolute Gasteiger partial charge is 0.408 e. The number of hydrogen-bond acceptors (Lipinski definition) is 3. The van der Waals surface area contributed by atoms with E-state index in [-0.39, 0.29) is 24.5 Å². The van der Waals surface area contributed by atoms with Crippen molar-refractivity contribution in [3.63, 3.8) is 0 Å². The lowest BCUT2D eigenvalue weighted by atomic mass is 10.0. The van der Waals surface area contributed by atoms with Gasteiger partial charge in [0.25, 0.3) is 0 Å². The van der Waals surface area contributed by atoms with E-state index in [2.05, 4.69) is 22.8 Å². The van der Waals surface area contributed by atoms with Gasteiger partial charge in [0, 0.05) is 0 Å². The summed E-state index contributed by atoms with van der Waals surface area (Å²) in [5, 5.41) is 5.80. The van der Waals surface area contributed by atoms with Crippen molar-refractivity contribution in [2.45, 2.75) is 45.4 Å². The molecule has 1 aliphatic rings. The highest BCUT2D eigenvalue weighted by atomic mass is 16.5. The number of alkyl carbamates (subject to hydrolysis) is 1. The van der Waals surface area contributed by atoms with E-state index in [0.717, 1.165) is 18.4 Å². The number of amides is 2. The number of ether oxygens (including phenoxy) is 1. The Kier molecular flexibility index (Phi) is 6.12. The Balaban J connectivity index is 1.56. The molecule has 2 aromatic rings. The third-order valence-corrected chi connectivity index (χ3v) is 4.88. The van der Waals surface area contributed by atoms with Gasteiger partial charge in [-0.15, -0.1) is 0 Å². The maximum absolute atomic E-state index is 12.8. The topological polar surface area (TPSA) is 67.4 Å². The first-order chi connectivity index (χ1) is 13.0. The molecular weight excluding hydrogens is 340 g/mol. The average molecular weight is 366 g/mol. The predicted molar refractivity (Wildman–Crippen MR) is 104 cm³/mol. The molecule has 2 N–H and O–H groups in total. The van der Waals surface area contributed by atoms with Crippen molar-refractivity contribution in [2.24, 2.45) is 5.92 Å². The zero-order chi connectivity index (χ0) is 19.2. The van der Waals surface area contributed by atoms with Gasteiger partial charge >= 0.3 is 6.09 Å². The molecule has 2 atom stereocenters. The normalized spacial score (nSPS) is 16.5. The van der Waals surface area contributed by atoms with E-state index < -0.39 is 12.1 Å². The van der Waals surface area contributed by atoms with E-state index in [1.807, 2.05) is 56.3 Å². The molecule has 142 valence electrons.